The van der Waals surface area contributed by atoms with Crippen LogP contribution in [0.2, 0.25) is 0 Å². The molecule has 1 aliphatic rings. The molecule has 0 saturated carbocycles. The second-order valence-electron chi connectivity index (χ2n) is 2.45. The smallest absolute Gasteiger partial charge is 0.450 e. The van der Waals surface area contributed by atoms with E-state index in [1.165, 1.54) is 0 Å². The summed E-state index contributed by atoms with van der Waals surface area (Å²) in [5.74, 6) is 0. The van der Waals surface area contributed by atoms with E-state index in [1.54, 1.807) is 0 Å². The number of carboxylic acid groups (broad SMARTS) is 1. The van der Waals surface area contributed by atoms with E-state index in [0.29, 0.717) is 0 Å². The molecule has 2 radical (unpaired) electrons. The highest BCUT2D eigenvalue weighted by Crippen LogP contribution is 2.17. The van der Waals surface area contributed by atoms with E-state index in [1.807, 2.05) is 0 Å². The van der Waals surface area contributed by atoms with Gasteiger partial charge in [-0.2, -0.15) is 0 Å². The molecule has 1 heterocycles. The highest BCUT2D eigenvalue weighted by atomic mass is 16.7. The molecule has 1 saturated heterocycles. The van der Waals surface area contributed by atoms with Crippen LogP contribution in [0.1, 0.15) is 12.8 Å². The number of hydrogen-bond acceptors (Lipinski definition) is 3. The maximum absolute atomic E-state index is 9.93. The second kappa shape index (κ2) is 3.62. The molecule has 5 heteroatoms. The van der Waals surface area contributed by atoms with Gasteiger partial charge in [-0.1, -0.05) is 0 Å². The van der Waals surface area contributed by atoms with Gasteiger partial charge in [0.2, 0.25) is 0 Å². The molecule has 1 fully saturated rings. The molecule has 0 spiro atoms. The monoisotopic (exact) mass is 156 g/mol. The van der Waals surface area contributed by atoms with Gasteiger partial charge in [0, 0.05) is 6.00 Å². The Kier molecular flexibility index (Phi) is 2.76. The topological polar surface area (TPSA) is 55.8 Å². The van der Waals surface area contributed by atoms with E-state index in [-0.39, 0.29) is 18.7 Å². The van der Waals surface area contributed by atoms with Crippen molar-refractivity contribution in [3.8, 4) is 0 Å². The van der Waals surface area contributed by atoms with E-state index >= 15 is 0 Å². The fraction of sp³-hybridized carbons (Fsp3) is 0.833. The number of hydrogen-bond donors (Lipinski definition) is 1. The Balaban J connectivity index is 2.13. The molecule has 1 N–H and O–H groups in total. The van der Waals surface area contributed by atoms with Gasteiger partial charge in [0.25, 0.3) is 0 Å². The summed E-state index contributed by atoms with van der Waals surface area (Å²) < 4.78 is 9.41. The van der Waals surface area contributed by atoms with Gasteiger partial charge in [-0.3, -0.25) is 0 Å². The van der Waals surface area contributed by atoms with Crippen LogP contribution in [0, 0.1) is 0 Å². The van der Waals surface area contributed by atoms with Crippen molar-refractivity contribution in [2.24, 2.45) is 0 Å². The summed E-state index contributed by atoms with van der Waals surface area (Å²) in [6.07, 6.45) is 0.123. The third-order valence-corrected chi connectivity index (χ3v) is 1.53. The van der Waals surface area contributed by atoms with Gasteiger partial charge in [-0.15, -0.1) is 0 Å². The van der Waals surface area contributed by atoms with Crippen molar-refractivity contribution in [2.75, 3.05) is 6.61 Å². The van der Waals surface area contributed by atoms with E-state index in [2.05, 4.69) is 4.74 Å². The van der Waals surface area contributed by atoms with Crippen LogP contribution < -0.4 is 0 Å². The summed E-state index contributed by atoms with van der Waals surface area (Å²) in [7, 11) is 5.41. The molecule has 2 atom stereocenters. The van der Waals surface area contributed by atoms with Crippen molar-refractivity contribution < 1.29 is 19.4 Å². The first-order chi connectivity index (χ1) is 5.18. The van der Waals surface area contributed by atoms with Crippen molar-refractivity contribution in [1.29, 1.82) is 0 Å². The lowest BCUT2D eigenvalue weighted by Gasteiger charge is -2.09. The molecule has 0 amide bonds. The Hall–Kier alpha value is -0.705. The fourth-order valence-corrected chi connectivity index (χ4v) is 1.02. The molecule has 1 rings (SSSR count). The minimum atomic E-state index is -1.27. The van der Waals surface area contributed by atoms with Crippen molar-refractivity contribution in [2.45, 2.75) is 24.9 Å². The molecule has 11 heavy (non-hydrogen) atoms. The van der Waals surface area contributed by atoms with E-state index < -0.39 is 6.16 Å². The Morgan fingerprint density at radius 2 is 2.45 bits per heavy atom. The first-order valence-electron chi connectivity index (χ1n) is 3.45. The average molecular weight is 156 g/mol. The average Bonchev–Trinajstić information content (AvgIpc) is 2.31. The first kappa shape index (κ1) is 8.39. The largest absolute Gasteiger partial charge is 0.505 e. The minimum Gasteiger partial charge on any atom is -0.450 e. The summed E-state index contributed by atoms with van der Waals surface area (Å²) >= 11 is 0. The lowest BCUT2D eigenvalue weighted by molar-refractivity contribution is 0.0146. The van der Waals surface area contributed by atoms with Crippen molar-refractivity contribution in [3.05, 3.63) is 0 Å². The lowest BCUT2D eigenvalue weighted by atomic mass is 9.97. The maximum atomic E-state index is 9.93. The van der Waals surface area contributed by atoms with Crippen LogP contribution in [0.4, 0.5) is 4.79 Å². The zero-order valence-electron chi connectivity index (χ0n) is 6.03. The van der Waals surface area contributed by atoms with Gasteiger partial charge in [-0.25, -0.2) is 4.79 Å². The molecular weight excluding hydrogens is 147 g/mol. The zero-order chi connectivity index (χ0) is 8.27. The Labute approximate surface area is 65.9 Å². The quantitative estimate of drug-likeness (QED) is 0.463. The zero-order valence-corrected chi connectivity index (χ0v) is 6.03. The minimum absolute atomic E-state index is 0.0863. The molecule has 0 aromatic carbocycles. The maximum Gasteiger partial charge on any atom is 0.505 e. The molecule has 0 aromatic rings. The number of carbonyl (C=O) groups is 1. The second-order valence-corrected chi connectivity index (χ2v) is 2.45. The third kappa shape index (κ3) is 2.80. The predicted molar refractivity (Wildman–Crippen MR) is 37.6 cm³/mol. The summed E-state index contributed by atoms with van der Waals surface area (Å²) in [6, 6.07) is -0.252. The van der Waals surface area contributed by atoms with Gasteiger partial charge in [-0.05, 0) is 12.8 Å². The Morgan fingerprint density at radius 3 is 2.91 bits per heavy atom. The Bertz CT molecular complexity index is 150. The van der Waals surface area contributed by atoms with Crippen LogP contribution in [0.15, 0.2) is 0 Å². The van der Waals surface area contributed by atoms with Crippen LogP contribution >= 0.6 is 0 Å². The van der Waals surface area contributed by atoms with Crippen LogP contribution in [-0.2, 0) is 9.47 Å². The first-order valence-corrected chi connectivity index (χ1v) is 3.45. The van der Waals surface area contributed by atoms with Gasteiger partial charge >= 0.3 is 6.16 Å². The van der Waals surface area contributed by atoms with Crippen LogP contribution in [0.3, 0.4) is 0 Å². The standard InChI is InChI=1S/C6H9BO4/c7-5-2-1-4(11-5)3-10-6(8)9/h4-5H,1-3H2,(H,8,9)/t4-,5+/m0/s1. The molecule has 0 aromatic heterocycles. The Morgan fingerprint density at radius 1 is 1.73 bits per heavy atom. The normalized spacial score (nSPS) is 30.2. The molecule has 0 unspecified atom stereocenters. The van der Waals surface area contributed by atoms with Gasteiger partial charge < -0.3 is 14.6 Å². The van der Waals surface area contributed by atoms with Crippen LogP contribution in [-0.4, -0.2) is 37.8 Å². The van der Waals surface area contributed by atoms with Gasteiger partial charge in [0.1, 0.15) is 14.5 Å². The molecule has 1 aliphatic heterocycles. The van der Waals surface area contributed by atoms with E-state index in [9.17, 15) is 4.79 Å². The molecule has 0 bridgehead atoms. The predicted octanol–water partition coefficient (Wildman–Crippen LogP) is 0.355. The lowest BCUT2D eigenvalue weighted by Crippen LogP contribution is -2.18. The molecule has 4 nitrogen and oxygen atoms in total. The van der Waals surface area contributed by atoms with Gasteiger partial charge in [0.15, 0.2) is 0 Å². The third-order valence-electron chi connectivity index (χ3n) is 1.53. The summed E-state index contributed by atoms with van der Waals surface area (Å²) in [6.45, 7) is 0.0863. The van der Waals surface area contributed by atoms with Crippen LogP contribution in [0.25, 0.3) is 0 Å². The molecule has 60 valence electrons. The van der Waals surface area contributed by atoms with Crippen molar-refractivity contribution in [1.82, 2.24) is 0 Å². The van der Waals surface area contributed by atoms with Crippen molar-refractivity contribution in [3.63, 3.8) is 0 Å². The van der Waals surface area contributed by atoms with Crippen molar-refractivity contribution >= 4 is 14.0 Å². The molecule has 0 aliphatic carbocycles. The molecular formula is C6H9BO4. The number of ether oxygens (including phenoxy) is 2. The summed E-state index contributed by atoms with van der Waals surface area (Å²) in [4.78, 5) is 9.93. The number of rotatable bonds is 2. The van der Waals surface area contributed by atoms with Crippen LogP contribution in [0.5, 0.6) is 0 Å². The summed E-state index contributed by atoms with van der Waals surface area (Å²) in [5.41, 5.74) is 0. The highest BCUT2D eigenvalue weighted by Gasteiger charge is 2.22. The van der Waals surface area contributed by atoms with E-state index in [4.69, 9.17) is 17.7 Å². The highest BCUT2D eigenvalue weighted by molar-refractivity contribution is 6.11. The fourth-order valence-electron chi connectivity index (χ4n) is 1.02. The van der Waals surface area contributed by atoms with Gasteiger partial charge in [0.05, 0.1) is 6.10 Å². The SMILES string of the molecule is [B][C@H]1CC[C@@H](COC(=O)O)O1. The summed E-state index contributed by atoms with van der Waals surface area (Å²) in [5, 5.41) is 8.13. The van der Waals surface area contributed by atoms with E-state index in [0.717, 1.165) is 12.8 Å².